The Morgan fingerprint density at radius 3 is 2.53 bits per heavy atom. The molecule has 1 aromatic carbocycles. The molecular formula is C13H20ClN. The van der Waals surface area contributed by atoms with E-state index in [9.17, 15) is 0 Å². The van der Waals surface area contributed by atoms with E-state index in [1.165, 1.54) is 5.56 Å². The number of hydrogen-bond donors (Lipinski definition) is 1. The molecule has 0 spiro atoms. The van der Waals surface area contributed by atoms with Gasteiger partial charge in [0.05, 0.1) is 0 Å². The maximum Gasteiger partial charge on any atom is 0.0409 e. The molecule has 1 nitrogen and oxygen atoms in total. The van der Waals surface area contributed by atoms with Crippen molar-refractivity contribution in [1.82, 2.24) is 5.32 Å². The van der Waals surface area contributed by atoms with E-state index in [0.717, 1.165) is 17.9 Å². The van der Waals surface area contributed by atoms with E-state index < -0.39 is 0 Å². The Hall–Kier alpha value is -0.530. The summed E-state index contributed by atoms with van der Waals surface area (Å²) in [5.74, 6) is 0. The zero-order valence-corrected chi connectivity index (χ0v) is 10.5. The summed E-state index contributed by atoms with van der Waals surface area (Å²) in [5, 5.41) is 4.42. The Balaban J connectivity index is 2.73. The minimum atomic E-state index is 0.415. The van der Waals surface area contributed by atoms with E-state index in [-0.39, 0.29) is 0 Å². The number of hydrogen-bond acceptors (Lipinski definition) is 1. The lowest BCUT2D eigenvalue weighted by molar-refractivity contribution is 0.437. The molecule has 0 aliphatic rings. The fraction of sp³-hybridized carbons (Fsp3) is 0.538. The molecule has 2 atom stereocenters. The lowest BCUT2D eigenvalue weighted by Crippen LogP contribution is -2.29. The molecule has 0 saturated heterocycles. The van der Waals surface area contributed by atoms with Crippen molar-refractivity contribution in [2.24, 2.45) is 0 Å². The quantitative estimate of drug-likeness (QED) is 0.793. The standard InChI is InChI=1S/C13H20ClN/c1-4-10(3)15-13(5-2)11-7-6-8-12(14)9-11/h6-10,13,15H,4-5H2,1-3H3. The van der Waals surface area contributed by atoms with Crippen LogP contribution in [0.3, 0.4) is 0 Å². The highest BCUT2D eigenvalue weighted by atomic mass is 35.5. The van der Waals surface area contributed by atoms with Crippen LogP contribution in [0.15, 0.2) is 24.3 Å². The van der Waals surface area contributed by atoms with Gasteiger partial charge in [0.25, 0.3) is 0 Å². The van der Waals surface area contributed by atoms with Gasteiger partial charge >= 0.3 is 0 Å². The number of benzene rings is 1. The van der Waals surface area contributed by atoms with Gasteiger partial charge in [-0.3, -0.25) is 0 Å². The first-order valence-electron chi connectivity index (χ1n) is 5.68. The molecule has 0 saturated carbocycles. The third-order valence-electron chi connectivity index (χ3n) is 2.76. The number of halogens is 1. The molecule has 1 rings (SSSR count). The fourth-order valence-corrected chi connectivity index (χ4v) is 1.83. The highest BCUT2D eigenvalue weighted by molar-refractivity contribution is 6.30. The van der Waals surface area contributed by atoms with Crippen molar-refractivity contribution in [1.29, 1.82) is 0 Å². The topological polar surface area (TPSA) is 12.0 Å². The van der Waals surface area contributed by atoms with Gasteiger partial charge in [-0.15, -0.1) is 0 Å². The van der Waals surface area contributed by atoms with Crippen LogP contribution < -0.4 is 5.32 Å². The van der Waals surface area contributed by atoms with Gasteiger partial charge in [0.15, 0.2) is 0 Å². The van der Waals surface area contributed by atoms with Crippen molar-refractivity contribution in [3.05, 3.63) is 34.9 Å². The molecule has 0 radical (unpaired) electrons. The maximum atomic E-state index is 5.99. The Bertz CT molecular complexity index is 298. The largest absolute Gasteiger partial charge is 0.307 e. The van der Waals surface area contributed by atoms with Crippen LogP contribution >= 0.6 is 11.6 Å². The van der Waals surface area contributed by atoms with Crippen molar-refractivity contribution < 1.29 is 0 Å². The monoisotopic (exact) mass is 225 g/mol. The number of nitrogens with one attached hydrogen (secondary N) is 1. The van der Waals surface area contributed by atoms with E-state index in [1.807, 2.05) is 18.2 Å². The summed E-state index contributed by atoms with van der Waals surface area (Å²) >= 11 is 5.99. The number of rotatable bonds is 5. The second-order valence-corrected chi connectivity index (χ2v) is 4.43. The second kappa shape index (κ2) is 6.14. The summed E-state index contributed by atoms with van der Waals surface area (Å²) in [5.41, 5.74) is 1.28. The smallest absolute Gasteiger partial charge is 0.0409 e. The molecule has 15 heavy (non-hydrogen) atoms. The van der Waals surface area contributed by atoms with Crippen LogP contribution in [0.25, 0.3) is 0 Å². The zero-order chi connectivity index (χ0) is 11.3. The summed E-state index contributed by atoms with van der Waals surface area (Å²) in [6.45, 7) is 6.61. The maximum absolute atomic E-state index is 5.99. The first kappa shape index (κ1) is 12.5. The predicted octanol–water partition coefficient (Wildman–Crippen LogP) is 4.18. The van der Waals surface area contributed by atoms with E-state index in [2.05, 4.69) is 32.2 Å². The molecule has 1 N–H and O–H groups in total. The van der Waals surface area contributed by atoms with Crippen molar-refractivity contribution in [2.45, 2.75) is 45.7 Å². The lowest BCUT2D eigenvalue weighted by Gasteiger charge is -2.22. The molecular weight excluding hydrogens is 206 g/mol. The van der Waals surface area contributed by atoms with Gasteiger partial charge < -0.3 is 5.32 Å². The SMILES string of the molecule is CCC(C)NC(CC)c1cccc(Cl)c1. The predicted molar refractivity (Wildman–Crippen MR) is 67.4 cm³/mol. The van der Waals surface area contributed by atoms with E-state index in [1.54, 1.807) is 0 Å². The average Bonchev–Trinajstić information content (AvgIpc) is 2.25. The Morgan fingerprint density at radius 1 is 1.27 bits per heavy atom. The Kier molecular flexibility index (Phi) is 5.13. The van der Waals surface area contributed by atoms with E-state index in [4.69, 9.17) is 11.6 Å². The molecule has 2 unspecified atom stereocenters. The summed E-state index contributed by atoms with van der Waals surface area (Å²) in [7, 11) is 0. The van der Waals surface area contributed by atoms with Crippen LogP contribution in [0.2, 0.25) is 5.02 Å². The highest BCUT2D eigenvalue weighted by Crippen LogP contribution is 2.21. The molecule has 84 valence electrons. The summed E-state index contributed by atoms with van der Waals surface area (Å²) in [6.07, 6.45) is 2.24. The third-order valence-corrected chi connectivity index (χ3v) is 2.99. The first-order valence-corrected chi connectivity index (χ1v) is 6.06. The minimum absolute atomic E-state index is 0.415. The molecule has 0 amide bonds. The van der Waals surface area contributed by atoms with Gasteiger partial charge in [-0.2, -0.15) is 0 Å². The Labute approximate surface area is 97.8 Å². The molecule has 0 aromatic heterocycles. The van der Waals surface area contributed by atoms with Gasteiger partial charge in [-0.25, -0.2) is 0 Å². The normalized spacial score (nSPS) is 14.9. The van der Waals surface area contributed by atoms with Crippen LogP contribution in [-0.2, 0) is 0 Å². The molecule has 0 heterocycles. The molecule has 0 fully saturated rings. The zero-order valence-electron chi connectivity index (χ0n) is 9.76. The summed E-state index contributed by atoms with van der Waals surface area (Å²) in [4.78, 5) is 0. The van der Waals surface area contributed by atoms with Gasteiger partial charge in [0, 0.05) is 17.1 Å². The van der Waals surface area contributed by atoms with Gasteiger partial charge in [-0.1, -0.05) is 37.6 Å². The molecule has 0 aliphatic heterocycles. The molecule has 0 aliphatic carbocycles. The van der Waals surface area contributed by atoms with Crippen LogP contribution in [0, 0.1) is 0 Å². The summed E-state index contributed by atoms with van der Waals surface area (Å²) in [6, 6.07) is 9.08. The highest BCUT2D eigenvalue weighted by Gasteiger charge is 2.11. The van der Waals surface area contributed by atoms with Gasteiger partial charge in [0.1, 0.15) is 0 Å². The van der Waals surface area contributed by atoms with Crippen molar-refractivity contribution in [3.63, 3.8) is 0 Å². The third kappa shape index (κ3) is 3.84. The van der Waals surface area contributed by atoms with Crippen molar-refractivity contribution >= 4 is 11.6 Å². The second-order valence-electron chi connectivity index (χ2n) is 3.99. The van der Waals surface area contributed by atoms with Crippen LogP contribution in [0.4, 0.5) is 0 Å². The average molecular weight is 226 g/mol. The van der Waals surface area contributed by atoms with Crippen molar-refractivity contribution in [3.8, 4) is 0 Å². The molecule has 0 bridgehead atoms. The molecule has 1 aromatic rings. The van der Waals surface area contributed by atoms with Gasteiger partial charge in [-0.05, 0) is 37.5 Å². The van der Waals surface area contributed by atoms with Gasteiger partial charge in [0.2, 0.25) is 0 Å². The van der Waals surface area contributed by atoms with E-state index >= 15 is 0 Å². The first-order chi connectivity index (χ1) is 7.17. The lowest BCUT2D eigenvalue weighted by atomic mass is 10.0. The van der Waals surface area contributed by atoms with Crippen LogP contribution in [0.5, 0.6) is 0 Å². The van der Waals surface area contributed by atoms with E-state index in [0.29, 0.717) is 12.1 Å². The molecule has 2 heteroatoms. The minimum Gasteiger partial charge on any atom is -0.307 e. The van der Waals surface area contributed by atoms with Crippen LogP contribution in [0.1, 0.15) is 45.2 Å². The summed E-state index contributed by atoms with van der Waals surface area (Å²) < 4.78 is 0. The van der Waals surface area contributed by atoms with Crippen molar-refractivity contribution in [2.75, 3.05) is 0 Å². The van der Waals surface area contributed by atoms with Crippen LogP contribution in [-0.4, -0.2) is 6.04 Å². The fourth-order valence-electron chi connectivity index (χ4n) is 1.63. The Morgan fingerprint density at radius 2 is 2.00 bits per heavy atom.